The molecule has 0 aliphatic rings. The van der Waals surface area contributed by atoms with E-state index in [1.54, 1.807) is 29.6 Å². The largest absolute Gasteiger partial charge is 0.317 e. The van der Waals surface area contributed by atoms with Gasteiger partial charge in [-0.15, -0.1) is 11.3 Å². The van der Waals surface area contributed by atoms with Gasteiger partial charge in [0.15, 0.2) is 0 Å². The lowest BCUT2D eigenvalue weighted by Gasteiger charge is -2.16. The molecule has 0 aliphatic heterocycles. The van der Waals surface area contributed by atoms with Gasteiger partial charge in [0.05, 0.1) is 5.56 Å². The molecule has 0 saturated carbocycles. The number of carbonyl (C=O) groups is 1. The molecule has 0 aliphatic carbocycles. The third-order valence-electron chi connectivity index (χ3n) is 3.16. The Hall–Kier alpha value is -2.23. The highest BCUT2D eigenvalue weighted by Gasteiger charge is 2.10. The van der Waals surface area contributed by atoms with Crippen molar-refractivity contribution in [1.82, 2.24) is 4.90 Å². The lowest BCUT2D eigenvalue weighted by atomic mass is 10.2. The normalized spacial score (nSPS) is 10.5. The second-order valence-electron chi connectivity index (χ2n) is 4.90. The molecule has 1 amide bonds. The molecule has 0 atom stereocenters. The lowest BCUT2D eigenvalue weighted by Crippen LogP contribution is -2.24. The van der Waals surface area contributed by atoms with Gasteiger partial charge in [-0.05, 0) is 24.6 Å². The molecule has 0 bridgehead atoms. The van der Waals surface area contributed by atoms with Crippen molar-refractivity contribution in [3.63, 3.8) is 0 Å². The number of nitrogens with zero attached hydrogens (tertiary/aromatic N) is 2. The van der Waals surface area contributed by atoms with Crippen LogP contribution in [-0.2, 0) is 11.3 Å². The molecule has 0 fully saturated rings. The SMILES string of the molecule is CN(CCC(=O)Nc1sccc1C#N)Cc1ccccc1F. The van der Waals surface area contributed by atoms with E-state index < -0.39 is 0 Å². The first-order valence-corrected chi connectivity index (χ1v) is 7.67. The molecule has 22 heavy (non-hydrogen) atoms. The van der Waals surface area contributed by atoms with Crippen molar-refractivity contribution in [1.29, 1.82) is 5.26 Å². The molecule has 1 heterocycles. The smallest absolute Gasteiger partial charge is 0.226 e. The fourth-order valence-corrected chi connectivity index (χ4v) is 2.73. The van der Waals surface area contributed by atoms with Crippen LogP contribution in [0, 0.1) is 17.1 Å². The van der Waals surface area contributed by atoms with Crippen molar-refractivity contribution in [2.45, 2.75) is 13.0 Å². The maximum absolute atomic E-state index is 13.5. The summed E-state index contributed by atoms with van der Waals surface area (Å²) in [5.41, 5.74) is 1.08. The molecule has 0 radical (unpaired) electrons. The van der Waals surface area contributed by atoms with E-state index in [9.17, 15) is 9.18 Å². The Kier molecular flexibility index (Phi) is 5.64. The predicted octanol–water partition coefficient (Wildman–Crippen LogP) is 3.22. The molecular formula is C16H16FN3OS. The first-order valence-electron chi connectivity index (χ1n) is 6.79. The fourth-order valence-electron chi connectivity index (χ4n) is 1.97. The number of hydrogen-bond donors (Lipinski definition) is 1. The van der Waals surface area contributed by atoms with Gasteiger partial charge >= 0.3 is 0 Å². The van der Waals surface area contributed by atoms with Crippen LogP contribution in [0.25, 0.3) is 0 Å². The van der Waals surface area contributed by atoms with E-state index in [-0.39, 0.29) is 18.1 Å². The molecule has 6 heteroatoms. The number of benzene rings is 1. The lowest BCUT2D eigenvalue weighted by molar-refractivity contribution is -0.116. The summed E-state index contributed by atoms with van der Waals surface area (Å²) in [6.45, 7) is 0.954. The molecule has 1 aromatic carbocycles. The van der Waals surface area contributed by atoms with Crippen molar-refractivity contribution >= 4 is 22.2 Å². The maximum atomic E-state index is 13.5. The van der Waals surface area contributed by atoms with E-state index >= 15 is 0 Å². The van der Waals surface area contributed by atoms with Gasteiger partial charge in [0.2, 0.25) is 5.91 Å². The third kappa shape index (κ3) is 4.38. The quantitative estimate of drug-likeness (QED) is 0.890. The van der Waals surface area contributed by atoms with Crippen LogP contribution in [0.1, 0.15) is 17.5 Å². The van der Waals surface area contributed by atoms with Crippen molar-refractivity contribution in [2.75, 3.05) is 18.9 Å². The summed E-state index contributed by atoms with van der Waals surface area (Å²) in [7, 11) is 1.84. The van der Waals surface area contributed by atoms with Crippen molar-refractivity contribution in [3.05, 3.63) is 52.7 Å². The van der Waals surface area contributed by atoms with E-state index in [1.807, 2.05) is 18.0 Å². The van der Waals surface area contributed by atoms with Gasteiger partial charge < -0.3 is 10.2 Å². The summed E-state index contributed by atoms with van der Waals surface area (Å²) >= 11 is 1.32. The highest BCUT2D eigenvalue weighted by molar-refractivity contribution is 7.14. The number of nitrogens with one attached hydrogen (secondary N) is 1. The van der Waals surface area contributed by atoms with E-state index in [0.29, 0.717) is 29.2 Å². The zero-order valence-corrected chi connectivity index (χ0v) is 13.0. The van der Waals surface area contributed by atoms with Crippen LogP contribution in [0.2, 0.25) is 0 Å². The monoisotopic (exact) mass is 317 g/mol. The van der Waals surface area contributed by atoms with Crippen LogP contribution in [0.15, 0.2) is 35.7 Å². The van der Waals surface area contributed by atoms with Crippen LogP contribution in [0.3, 0.4) is 0 Å². The van der Waals surface area contributed by atoms with Crippen LogP contribution < -0.4 is 5.32 Å². The van der Waals surface area contributed by atoms with E-state index in [1.165, 1.54) is 17.4 Å². The van der Waals surface area contributed by atoms with Crippen LogP contribution in [0.5, 0.6) is 0 Å². The Morgan fingerprint density at radius 3 is 2.91 bits per heavy atom. The summed E-state index contributed by atoms with van der Waals surface area (Å²) < 4.78 is 13.5. The topological polar surface area (TPSA) is 56.1 Å². The average Bonchev–Trinajstić information content (AvgIpc) is 2.94. The Balaban J connectivity index is 1.81. The van der Waals surface area contributed by atoms with E-state index in [2.05, 4.69) is 5.32 Å². The van der Waals surface area contributed by atoms with Crippen LogP contribution >= 0.6 is 11.3 Å². The second kappa shape index (κ2) is 7.69. The van der Waals surface area contributed by atoms with Gasteiger partial charge in [-0.2, -0.15) is 5.26 Å². The molecule has 2 rings (SSSR count). The Labute approximate surface area is 132 Å². The average molecular weight is 317 g/mol. The highest BCUT2D eigenvalue weighted by atomic mass is 32.1. The van der Waals surface area contributed by atoms with Crippen molar-refractivity contribution in [3.8, 4) is 6.07 Å². The molecule has 114 valence electrons. The number of rotatable bonds is 6. The fraction of sp³-hybridized carbons (Fsp3) is 0.250. The minimum absolute atomic E-state index is 0.153. The number of hydrogen-bond acceptors (Lipinski definition) is 4. The molecule has 0 saturated heterocycles. The predicted molar refractivity (Wildman–Crippen MR) is 85.0 cm³/mol. The number of anilines is 1. The summed E-state index contributed by atoms with van der Waals surface area (Å²) in [4.78, 5) is 13.8. The standard InChI is InChI=1S/C16H16FN3OS/c1-20(11-13-4-2-3-5-14(13)17)8-6-15(21)19-16-12(10-18)7-9-22-16/h2-5,7,9H,6,8,11H2,1H3,(H,19,21). The summed E-state index contributed by atoms with van der Waals surface area (Å²) in [6, 6.07) is 10.3. The minimum atomic E-state index is -0.240. The zero-order valence-electron chi connectivity index (χ0n) is 12.2. The summed E-state index contributed by atoms with van der Waals surface area (Å²) in [5, 5.41) is 14.0. The Morgan fingerprint density at radius 2 is 2.18 bits per heavy atom. The summed E-state index contributed by atoms with van der Waals surface area (Å²) in [6.07, 6.45) is 0.285. The van der Waals surface area contributed by atoms with Gasteiger partial charge in [0, 0.05) is 25.1 Å². The summed E-state index contributed by atoms with van der Waals surface area (Å²) in [5.74, 6) is -0.393. The van der Waals surface area contributed by atoms with Crippen LogP contribution in [0.4, 0.5) is 9.39 Å². The number of amides is 1. The van der Waals surface area contributed by atoms with Gasteiger partial charge in [-0.1, -0.05) is 18.2 Å². The van der Waals surface area contributed by atoms with Crippen molar-refractivity contribution < 1.29 is 9.18 Å². The van der Waals surface area contributed by atoms with E-state index in [4.69, 9.17) is 5.26 Å². The molecule has 1 aromatic heterocycles. The second-order valence-corrected chi connectivity index (χ2v) is 5.82. The molecule has 4 nitrogen and oxygen atoms in total. The molecule has 1 N–H and O–H groups in total. The first-order chi connectivity index (χ1) is 10.6. The molecule has 2 aromatic rings. The third-order valence-corrected chi connectivity index (χ3v) is 3.99. The molecule has 0 spiro atoms. The molecule has 0 unspecified atom stereocenters. The Bertz CT molecular complexity index is 693. The number of carbonyl (C=O) groups excluding carboxylic acids is 1. The van der Waals surface area contributed by atoms with Gasteiger partial charge in [0.25, 0.3) is 0 Å². The van der Waals surface area contributed by atoms with E-state index in [0.717, 1.165) is 0 Å². The number of thiophene rings is 1. The van der Waals surface area contributed by atoms with Crippen LogP contribution in [-0.4, -0.2) is 24.4 Å². The number of nitriles is 1. The molecular weight excluding hydrogens is 301 g/mol. The number of halogens is 1. The van der Waals surface area contributed by atoms with Gasteiger partial charge in [0.1, 0.15) is 16.9 Å². The maximum Gasteiger partial charge on any atom is 0.226 e. The Morgan fingerprint density at radius 1 is 1.41 bits per heavy atom. The van der Waals surface area contributed by atoms with Gasteiger partial charge in [-0.25, -0.2) is 4.39 Å². The minimum Gasteiger partial charge on any atom is -0.317 e. The zero-order chi connectivity index (χ0) is 15.9. The highest BCUT2D eigenvalue weighted by Crippen LogP contribution is 2.22. The van der Waals surface area contributed by atoms with Crippen molar-refractivity contribution in [2.24, 2.45) is 0 Å². The van der Waals surface area contributed by atoms with Gasteiger partial charge in [-0.3, -0.25) is 4.79 Å². The first kappa shape index (κ1) is 16.1.